The maximum absolute atomic E-state index is 11.7. The number of carboxylic acid groups (broad SMARTS) is 1. The first-order chi connectivity index (χ1) is 14.7. The van der Waals surface area contributed by atoms with Crippen molar-refractivity contribution in [2.24, 2.45) is 0 Å². The van der Waals surface area contributed by atoms with Crippen LogP contribution in [0.1, 0.15) is 116 Å². The number of unbranched alkanes of at least 4 members (excludes halogenated alkanes) is 14. The summed E-state index contributed by atoms with van der Waals surface area (Å²) in [7, 11) is -4.96. The molecule has 0 bridgehead atoms. The molecule has 0 saturated heterocycles. The third-order valence-electron chi connectivity index (χ3n) is 5.18. The molecule has 2 N–H and O–H groups in total. The van der Waals surface area contributed by atoms with E-state index in [9.17, 15) is 22.8 Å². The van der Waals surface area contributed by atoms with E-state index < -0.39 is 39.7 Å². The number of hydrogen-bond acceptors (Lipinski definition) is 6. The summed E-state index contributed by atoms with van der Waals surface area (Å²) in [5.74, 6) is -4.08. The Morgan fingerprint density at radius 1 is 0.727 bits per heavy atom. The van der Waals surface area contributed by atoms with Gasteiger partial charge in [-0.05, 0) is 6.42 Å². The quantitative estimate of drug-likeness (QED) is 0.0828. The average Bonchev–Trinajstić information content (AvgIpc) is 2.68. The van der Waals surface area contributed by atoms with Crippen LogP contribution in [-0.2, 0) is 29.2 Å². The van der Waals surface area contributed by atoms with Crippen molar-refractivity contribution in [3.8, 4) is 0 Å². The van der Waals surface area contributed by atoms with Crippen LogP contribution in [0.4, 0.5) is 0 Å². The molecule has 33 heavy (non-hydrogen) atoms. The summed E-state index contributed by atoms with van der Waals surface area (Å²) in [5, 5.41) is 6.32. The molecule has 0 aromatic rings. The molecule has 1 unspecified atom stereocenters. The summed E-state index contributed by atoms with van der Waals surface area (Å²) >= 11 is 0. The minimum atomic E-state index is -4.96. The molecule has 0 aliphatic heterocycles. The molecule has 11 heteroatoms. The van der Waals surface area contributed by atoms with Gasteiger partial charge in [-0.1, -0.05) is 96.8 Å². The molecule has 0 spiro atoms. The van der Waals surface area contributed by atoms with Crippen LogP contribution in [0.2, 0.25) is 0 Å². The van der Waals surface area contributed by atoms with E-state index in [1.165, 1.54) is 64.2 Å². The predicted octanol–water partition coefficient (Wildman–Crippen LogP) is 3.75. The van der Waals surface area contributed by atoms with Crippen LogP contribution >= 0.6 is 0 Å². The zero-order valence-electron chi connectivity index (χ0n) is 18.9. The van der Waals surface area contributed by atoms with Gasteiger partial charge in [0.2, 0.25) is 0 Å². The number of aliphatic carboxylic acids is 1. The first kappa shape index (κ1) is 38.1. The molecule has 0 heterocycles. The van der Waals surface area contributed by atoms with Crippen molar-refractivity contribution in [2.45, 2.75) is 121 Å². The third kappa shape index (κ3) is 24.0. The zero-order valence-corrected chi connectivity index (χ0v) is 19.7. The van der Waals surface area contributed by atoms with Gasteiger partial charge < -0.3 is 9.84 Å². The van der Waals surface area contributed by atoms with E-state index in [0.717, 1.165) is 25.7 Å². The van der Waals surface area contributed by atoms with Crippen molar-refractivity contribution in [3.63, 3.8) is 0 Å². The van der Waals surface area contributed by atoms with Gasteiger partial charge in [-0.3, -0.25) is 18.9 Å². The standard InChI is InChI=1S/C22H40O8S.2Na.2H/c1-2-3-4-5-6-7-8-9-10-11-12-13-14-15-16-17-21(25)30-22(26)19(18-20(23)24)31(27,28)29;;;;/h19H,2-18H2,1H3,(H,23,24)(H,27,28,29);;;;. The van der Waals surface area contributed by atoms with E-state index in [1.807, 2.05) is 0 Å². The zero-order chi connectivity index (χ0) is 23.5. The van der Waals surface area contributed by atoms with Crippen LogP contribution in [0, 0.1) is 0 Å². The van der Waals surface area contributed by atoms with Gasteiger partial charge in [0.15, 0.2) is 5.25 Å². The second-order valence-electron chi connectivity index (χ2n) is 8.09. The van der Waals surface area contributed by atoms with Gasteiger partial charge in [-0.2, -0.15) is 8.42 Å². The number of esters is 2. The first-order valence-electron chi connectivity index (χ1n) is 11.6. The fourth-order valence-corrected chi connectivity index (χ4v) is 3.98. The fourth-order valence-electron chi connectivity index (χ4n) is 3.34. The van der Waals surface area contributed by atoms with Crippen LogP contribution < -0.4 is 0 Å². The Bertz CT molecular complexity index is 626. The molecule has 0 aromatic heterocycles. The Morgan fingerprint density at radius 2 is 1.09 bits per heavy atom. The fraction of sp³-hybridized carbons (Fsp3) is 0.864. The molecule has 186 valence electrons. The van der Waals surface area contributed by atoms with Gasteiger partial charge in [0, 0.05) is 6.42 Å². The van der Waals surface area contributed by atoms with Gasteiger partial charge in [0.25, 0.3) is 10.1 Å². The summed E-state index contributed by atoms with van der Waals surface area (Å²) < 4.78 is 35.5. The van der Waals surface area contributed by atoms with Crippen LogP contribution in [-0.4, -0.2) is 100 Å². The molecule has 0 fully saturated rings. The molecule has 8 nitrogen and oxygen atoms in total. The molecule has 0 aliphatic rings. The molecule has 0 aromatic carbocycles. The average molecular weight is 513 g/mol. The Kier molecular flexibility index (Phi) is 27.9. The monoisotopic (exact) mass is 512 g/mol. The summed E-state index contributed by atoms with van der Waals surface area (Å²) in [6, 6.07) is 0. The van der Waals surface area contributed by atoms with E-state index in [0.29, 0.717) is 6.42 Å². The van der Waals surface area contributed by atoms with E-state index in [-0.39, 0.29) is 65.5 Å². The Balaban J connectivity index is -0.00000450. The van der Waals surface area contributed by atoms with Crippen molar-refractivity contribution in [1.82, 2.24) is 0 Å². The van der Waals surface area contributed by atoms with Gasteiger partial charge >= 0.3 is 77.0 Å². The number of carbonyl (C=O) groups is 3. The predicted molar refractivity (Wildman–Crippen MR) is 133 cm³/mol. The summed E-state index contributed by atoms with van der Waals surface area (Å²) in [5.41, 5.74) is 0. The second kappa shape index (κ2) is 24.2. The van der Waals surface area contributed by atoms with Crippen molar-refractivity contribution >= 4 is 87.1 Å². The molecule has 1 atom stereocenters. The molecular formula is C22H42Na2O8S. The topological polar surface area (TPSA) is 135 Å². The summed E-state index contributed by atoms with van der Waals surface area (Å²) in [6.07, 6.45) is 16.4. The Morgan fingerprint density at radius 3 is 1.42 bits per heavy atom. The second-order valence-corrected chi connectivity index (χ2v) is 9.69. The van der Waals surface area contributed by atoms with Crippen LogP contribution in [0.5, 0.6) is 0 Å². The normalized spacial score (nSPS) is 11.7. The third-order valence-corrected chi connectivity index (χ3v) is 6.26. The van der Waals surface area contributed by atoms with E-state index in [1.54, 1.807) is 0 Å². The number of carbonyl (C=O) groups excluding carboxylic acids is 2. The molecule has 0 rings (SSSR count). The SMILES string of the molecule is CCCCCCCCCCCCCCCCCC(=O)OC(=O)C(CC(=O)O)S(=O)(=O)O.[NaH].[NaH]. The van der Waals surface area contributed by atoms with Gasteiger partial charge in [-0.25, -0.2) is 0 Å². The Labute approximate surface area is 243 Å². The van der Waals surface area contributed by atoms with Crippen molar-refractivity contribution in [1.29, 1.82) is 0 Å². The van der Waals surface area contributed by atoms with Crippen LogP contribution in [0.25, 0.3) is 0 Å². The molecular weight excluding hydrogens is 470 g/mol. The van der Waals surface area contributed by atoms with Crippen LogP contribution in [0.3, 0.4) is 0 Å². The summed E-state index contributed by atoms with van der Waals surface area (Å²) in [6.45, 7) is 2.23. The minimum absolute atomic E-state index is 0. The van der Waals surface area contributed by atoms with Gasteiger partial charge in [0.1, 0.15) is 0 Å². The number of carboxylic acids is 1. The Hall–Kier alpha value is 0.520. The first-order valence-corrected chi connectivity index (χ1v) is 13.1. The number of rotatable bonds is 20. The number of ether oxygens (including phenoxy) is 1. The van der Waals surface area contributed by atoms with Crippen LogP contribution in [0.15, 0.2) is 0 Å². The van der Waals surface area contributed by atoms with Gasteiger partial charge in [0.05, 0.1) is 6.42 Å². The summed E-state index contributed by atoms with van der Waals surface area (Å²) in [4.78, 5) is 33.9. The number of hydrogen-bond donors (Lipinski definition) is 2. The molecule has 0 saturated carbocycles. The van der Waals surface area contributed by atoms with Crippen molar-refractivity contribution < 1.29 is 37.2 Å². The molecule has 0 radical (unpaired) electrons. The van der Waals surface area contributed by atoms with Gasteiger partial charge in [-0.15, -0.1) is 0 Å². The molecule has 0 aliphatic carbocycles. The van der Waals surface area contributed by atoms with E-state index in [2.05, 4.69) is 11.7 Å². The van der Waals surface area contributed by atoms with Crippen molar-refractivity contribution in [2.75, 3.05) is 0 Å². The van der Waals surface area contributed by atoms with E-state index in [4.69, 9.17) is 9.66 Å². The maximum atomic E-state index is 11.7. The molecule has 0 amide bonds. The van der Waals surface area contributed by atoms with E-state index >= 15 is 0 Å². The van der Waals surface area contributed by atoms with Crippen molar-refractivity contribution in [3.05, 3.63) is 0 Å².